The van der Waals surface area contributed by atoms with Gasteiger partial charge in [-0.25, -0.2) is 4.79 Å². The highest BCUT2D eigenvalue weighted by atomic mass is 16.6. The lowest BCUT2D eigenvalue weighted by atomic mass is 10.2. The second kappa shape index (κ2) is 6.50. The minimum atomic E-state index is -0.534. The first-order valence-electron chi connectivity index (χ1n) is 6.54. The molecule has 0 fully saturated rings. The van der Waals surface area contributed by atoms with Gasteiger partial charge in [-0.3, -0.25) is 4.90 Å². The van der Waals surface area contributed by atoms with Crippen LogP contribution in [-0.4, -0.2) is 32.5 Å². The number of nitrogens with zero attached hydrogens (tertiary/aromatic N) is 1. The van der Waals surface area contributed by atoms with Gasteiger partial charge in [0.25, 0.3) is 0 Å². The van der Waals surface area contributed by atoms with Crippen molar-refractivity contribution in [2.45, 2.75) is 33.3 Å². The smallest absolute Gasteiger partial charge is 0.414 e. The highest BCUT2D eigenvalue weighted by Crippen LogP contribution is 2.29. The average Bonchev–Trinajstić information content (AvgIpc) is 2.37. The zero-order valence-corrected chi connectivity index (χ0v) is 13.0. The summed E-state index contributed by atoms with van der Waals surface area (Å²) in [6.07, 6.45) is -0.393. The summed E-state index contributed by atoms with van der Waals surface area (Å²) >= 11 is 0. The number of hydrogen-bond donors (Lipinski definition) is 0. The predicted octanol–water partition coefficient (Wildman–Crippen LogP) is 3.47. The molecule has 0 aliphatic heterocycles. The second-order valence-corrected chi connectivity index (χ2v) is 5.30. The monoisotopic (exact) mass is 281 g/mol. The van der Waals surface area contributed by atoms with Crippen LogP contribution in [-0.2, 0) is 4.74 Å². The van der Waals surface area contributed by atoms with E-state index in [0.717, 1.165) is 0 Å². The SMILES string of the molecule is CCN(C(=O)OC(C)(C)C)c1cc(OC)cc(OC)c1. The predicted molar refractivity (Wildman–Crippen MR) is 78.8 cm³/mol. The molecule has 5 nitrogen and oxygen atoms in total. The standard InChI is InChI=1S/C15H23NO4/c1-7-16(14(17)20-15(2,3)4)11-8-12(18-5)10-13(9-11)19-6/h8-10H,7H2,1-6H3. The molecular formula is C15H23NO4. The Bertz CT molecular complexity index is 443. The van der Waals surface area contributed by atoms with E-state index in [-0.39, 0.29) is 0 Å². The van der Waals surface area contributed by atoms with Gasteiger partial charge in [0.05, 0.1) is 19.9 Å². The Hall–Kier alpha value is -1.91. The summed E-state index contributed by atoms with van der Waals surface area (Å²) in [6.45, 7) is 7.89. The molecule has 0 bridgehead atoms. The van der Waals surface area contributed by atoms with E-state index in [9.17, 15) is 4.79 Å². The van der Waals surface area contributed by atoms with Gasteiger partial charge < -0.3 is 14.2 Å². The van der Waals surface area contributed by atoms with Crippen molar-refractivity contribution in [3.63, 3.8) is 0 Å². The summed E-state index contributed by atoms with van der Waals surface area (Å²) in [5.41, 5.74) is 0.144. The van der Waals surface area contributed by atoms with Crippen LogP contribution in [0.5, 0.6) is 11.5 Å². The normalized spacial score (nSPS) is 10.9. The minimum absolute atomic E-state index is 0.393. The van der Waals surface area contributed by atoms with Crippen LogP contribution < -0.4 is 14.4 Å². The van der Waals surface area contributed by atoms with Gasteiger partial charge in [0.1, 0.15) is 17.1 Å². The van der Waals surface area contributed by atoms with Crippen LogP contribution in [0.15, 0.2) is 18.2 Å². The van der Waals surface area contributed by atoms with Crippen molar-refractivity contribution in [1.82, 2.24) is 0 Å². The molecule has 0 radical (unpaired) electrons. The number of hydrogen-bond acceptors (Lipinski definition) is 4. The Labute approximate surface area is 120 Å². The first-order valence-corrected chi connectivity index (χ1v) is 6.54. The van der Waals surface area contributed by atoms with Gasteiger partial charge in [-0.1, -0.05) is 0 Å². The summed E-state index contributed by atoms with van der Waals surface area (Å²) < 4.78 is 15.8. The summed E-state index contributed by atoms with van der Waals surface area (Å²) in [6, 6.07) is 5.30. The summed E-state index contributed by atoms with van der Waals surface area (Å²) in [5, 5.41) is 0. The molecular weight excluding hydrogens is 258 g/mol. The van der Waals surface area contributed by atoms with Gasteiger partial charge in [0, 0.05) is 24.7 Å². The van der Waals surface area contributed by atoms with Crippen LogP contribution in [0.25, 0.3) is 0 Å². The molecule has 0 atom stereocenters. The second-order valence-electron chi connectivity index (χ2n) is 5.30. The van der Waals surface area contributed by atoms with Crippen LogP contribution in [0.2, 0.25) is 0 Å². The lowest BCUT2D eigenvalue weighted by Crippen LogP contribution is -2.36. The molecule has 112 valence electrons. The molecule has 0 saturated heterocycles. The van der Waals surface area contributed by atoms with Gasteiger partial charge in [-0.15, -0.1) is 0 Å². The molecule has 0 unspecified atom stereocenters. The van der Waals surface area contributed by atoms with E-state index in [1.54, 1.807) is 32.4 Å². The lowest BCUT2D eigenvalue weighted by molar-refractivity contribution is 0.0582. The maximum Gasteiger partial charge on any atom is 0.414 e. The fourth-order valence-corrected chi connectivity index (χ4v) is 1.68. The minimum Gasteiger partial charge on any atom is -0.497 e. The van der Waals surface area contributed by atoms with E-state index in [1.807, 2.05) is 27.7 Å². The van der Waals surface area contributed by atoms with E-state index in [4.69, 9.17) is 14.2 Å². The molecule has 1 aromatic rings. The number of rotatable bonds is 4. The van der Waals surface area contributed by atoms with E-state index < -0.39 is 11.7 Å². The fourth-order valence-electron chi connectivity index (χ4n) is 1.68. The molecule has 0 N–H and O–H groups in total. The van der Waals surface area contributed by atoms with Crippen molar-refractivity contribution in [3.05, 3.63) is 18.2 Å². The number of ether oxygens (including phenoxy) is 3. The first kappa shape index (κ1) is 16.1. The number of amides is 1. The van der Waals surface area contributed by atoms with E-state index in [2.05, 4.69) is 0 Å². The maximum atomic E-state index is 12.2. The van der Waals surface area contributed by atoms with Crippen LogP contribution in [0.4, 0.5) is 10.5 Å². The topological polar surface area (TPSA) is 48.0 Å². The van der Waals surface area contributed by atoms with Gasteiger partial charge >= 0.3 is 6.09 Å². The van der Waals surface area contributed by atoms with E-state index in [0.29, 0.717) is 23.7 Å². The van der Waals surface area contributed by atoms with Gasteiger partial charge in [-0.05, 0) is 27.7 Å². The summed E-state index contributed by atoms with van der Waals surface area (Å²) in [7, 11) is 3.14. The average molecular weight is 281 g/mol. The van der Waals surface area contributed by atoms with E-state index >= 15 is 0 Å². The Kier molecular flexibility index (Phi) is 5.25. The van der Waals surface area contributed by atoms with Crippen molar-refractivity contribution >= 4 is 11.8 Å². The largest absolute Gasteiger partial charge is 0.497 e. The Balaban J connectivity index is 3.08. The highest BCUT2D eigenvalue weighted by molar-refractivity contribution is 5.88. The number of anilines is 1. The Morgan fingerprint density at radius 2 is 1.60 bits per heavy atom. The molecule has 1 amide bonds. The van der Waals surface area contributed by atoms with Gasteiger partial charge in [0.15, 0.2) is 0 Å². The Morgan fingerprint density at radius 1 is 1.10 bits per heavy atom. The number of benzene rings is 1. The fraction of sp³-hybridized carbons (Fsp3) is 0.533. The quantitative estimate of drug-likeness (QED) is 0.848. The third-order valence-corrected chi connectivity index (χ3v) is 2.58. The van der Waals surface area contributed by atoms with Crippen LogP contribution in [0, 0.1) is 0 Å². The summed E-state index contributed by atoms with van der Waals surface area (Å²) in [4.78, 5) is 13.7. The molecule has 0 aliphatic carbocycles. The highest BCUT2D eigenvalue weighted by Gasteiger charge is 2.23. The van der Waals surface area contributed by atoms with E-state index in [1.165, 1.54) is 4.90 Å². The summed E-state index contributed by atoms with van der Waals surface area (Å²) in [5.74, 6) is 1.25. The zero-order chi connectivity index (χ0) is 15.3. The molecule has 0 spiro atoms. The zero-order valence-electron chi connectivity index (χ0n) is 13.0. The van der Waals surface area contributed by atoms with Crippen molar-refractivity contribution < 1.29 is 19.0 Å². The van der Waals surface area contributed by atoms with Crippen molar-refractivity contribution in [2.75, 3.05) is 25.7 Å². The van der Waals surface area contributed by atoms with Crippen LogP contribution in [0.3, 0.4) is 0 Å². The lowest BCUT2D eigenvalue weighted by Gasteiger charge is -2.27. The number of methoxy groups -OCH3 is 2. The van der Waals surface area contributed by atoms with Crippen molar-refractivity contribution in [2.24, 2.45) is 0 Å². The van der Waals surface area contributed by atoms with Gasteiger partial charge in [0.2, 0.25) is 0 Å². The third-order valence-electron chi connectivity index (χ3n) is 2.58. The third kappa shape index (κ3) is 4.33. The number of carbonyl (C=O) groups is 1. The maximum absolute atomic E-state index is 12.2. The first-order chi connectivity index (χ1) is 9.30. The molecule has 0 aromatic heterocycles. The molecule has 20 heavy (non-hydrogen) atoms. The number of carbonyl (C=O) groups excluding carboxylic acids is 1. The van der Waals surface area contributed by atoms with Gasteiger partial charge in [-0.2, -0.15) is 0 Å². The van der Waals surface area contributed by atoms with Crippen LogP contribution in [0.1, 0.15) is 27.7 Å². The molecule has 5 heteroatoms. The van der Waals surface area contributed by atoms with Crippen molar-refractivity contribution in [3.8, 4) is 11.5 Å². The van der Waals surface area contributed by atoms with Crippen molar-refractivity contribution in [1.29, 1.82) is 0 Å². The molecule has 1 rings (SSSR count). The molecule has 0 aliphatic rings. The Morgan fingerprint density at radius 3 is 1.95 bits per heavy atom. The van der Waals surface area contributed by atoms with Crippen LogP contribution >= 0.6 is 0 Å². The molecule has 0 saturated carbocycles. The molecule has 1 aromatic carbocycles. The molecule has 0 heterocycles.